The normalized spacial score (nSPS) is 11.2. The maximum Gasteiger partial charge on any atom is 0.573 e. The summed E-state index contributed by atoms with van der Waals surface area (Å²) in [6.45, 7) is 1.59. The van der Waals surface area contributed by atoms with Gasteiger partial charge in [-0.15, -0.1) is 24.8 Å². The first-order valence-corrected chi connectivity index (χ1v) is 5.57. The number of rotatable bonds is 4. The number of halogens is 4. The highest BCUT2D eigenvalue weighted by Gasteiger charge is 2.33. The van der Waals surface area contributed by atoms with E-state index in [0.29, 0.717) is 6.07 Å². The third kappa shape index (κ3) is 4.16. The van der Waals surface area contributed by atoms with E-state index >= 15 is 0 Å². The van der Waals surface area contributed by atoms with Gasteiger partial charge < -0.3 is 14.5 Å². The van der Waals surface area contributed by atoms with Crippen LogP contribution in [0, 0.1) is 0 Å². The first kappa shape index (κ1) is 15.4. The molecule has 19 heavy (non-hydrogen) atoms. The van der Waals surface area contributed by atoms with Crippen LogP contribution in [-0.2, 0) is 10.6 Å². The number of H-pyrrole nitrogens is 1. The summed E-state index contributed by atoms with van der Waals surface area (Å²) >= 11 is 5.42. The van der Waals surface area contributed by atoms with Crippen LogP contribution in [-0.4, -0.2) is 23.9 Å². The Balaban J connectivity index is 3.22. The maximum atomic E-state index is 12.1. The molecular weight excluding hydrogens is 291 g/mol. The van der Waals surface area contributed by atoms with Crippen LogP contribution in [0.2, 0.25) is 0 Å². The number of hydrogen-bond acceptors (Lipinski definition) is 4. The molecule has 0 amide bonds. The molecule has 9 heteroatoms. The van der Waals surface area contributed by atoms with Crippen molar-refractivity contribution in [3.63, 3.8) is 0 Å². The molecule has 0 aliphatic rings. The minimum atomic E-state index is -5.03. The van der Waals surface area contributed by atoms with Gasteiger partial charge in [0, 0.05) is 6.07 Å². The zero-order chi connectivity index (χ0) is 14.6. The van der Waals surface area contributed by atoms with Gasteiger partial charge in [0.15, 0.2) is 5.75 Å². The molecular formula is C10H9ClF3NO4. The SMILES string of the molecule is CCOC(=O)c1cc(=O)c(OC(F)(F)F)c(CCl)[nH]1. The van der Waals surface area contributed by atoms with Gasteiger partial charge in [-0.2, -0.15) is 0 Å². The van der Waals surface area contributed by atoms with Crippen LogP contribution in [0.25, 0.3) is 0 Å². The van der Waals surface area contributed by atoms with Crippen LogP contribution in [0.3, 0.4) is 0 Å². The fraction of sp³-hybridized carbons (Fsp3) is 0.400. The minimum absolute atomic E-state index is 0.0534. The molecule has 0 unspecified atom stereocenters. The lowest BCUT2D eigenvalue weighted by Crippen LogP contribution is -2.24. The Kier molecular flexibility index (Phi) is 4.82. The van der Waals surface area contributed by atoms with Crippen LogP contribution in [0.5, 0.6) is 5.75 Å². The van der Waals surface area contributed by atoms with Crippen LogP contribution >= 0.6 is 11.6 Å². The largest absolute Gasteiger partial charge is 0.573 e. The molecule has 1 N–H and O–H groups in total. The third-order valence-electron chi connectivity index (χ3n) is 1.91. The van der Waals surface area contributed by atoms with Gasteiger partial charge in [0.25, 0.3) is 0 Å². The number of hydrogen-bond donors (Lipinski definition) is 1. The van der Waals surface area contributed by atoms with Crippen molar-refractivity contribution in [2.45, 2.75) is 19.2 Å². The van der Waals surface area contributed by atoms with E-state index in [0.717, 1.165) is 0 Å². The van der Waals surface area contributed by atoms with Gasteiger partial charge in [-0.25, -0.2) is 4.79 Å². The summed E-state index contributed by atoms with van der Waals surface area (Å²) < 4.78 is 44.5. The van der Waals surface area contributed by atoms with E-state index in [1.165, 1.54) is 0 Å². The van der Waals surface area contributed by atoms with E-state index in [-0.39, 0.29) is 18.0 Å². The predicted molar refractivity (Wildman–Crippen MR) is 59.3 cm³/mol. The highest BCUT2D eigenvalue weighted by Crippen LogP contribution is 2.23. The topological polar surface area (TPSA) is 68.4 Å². The molecule has 0 fully saturated rings. The van der Waals surface area contributed by atoms with Crippen LogP contribution in [0.4, 0.5) is 13.2 Å². The number of aromatic nitrogens is 1. The second-order valence-electron chi connectivity index (χ2n) is 3.26. The van der Waals surface area contributed by atoms with Crippen molar-refractivity contribution >= 4 is 17.6 Å². The Labute approximate surface area is 110 Å². The number of carbonyl (C=O) groups is 1. The van der Waals surface area contributed by atoms with Crippen LogP contribution in [0.15, 0.2) is 10.9 Å². The molecule has 0 aliphatic heterocycles. The van der Waals surface area contributed by atoms with Crippen molar-refractivity contribution in [2.24, 2.45) is 0 Å². The number of ether oxygens (including phenoxy) is 2. The summed E-state index contributed by atoms with van der Waals surface area (Å²) in [5, 5.41) is 0. The zero-order valence-electron chi connectivity index (χ0n) is 9.64. The van der Waals surface area contributed by atoms with Crippen LogP contribution in [0.1, 0.15) is 23.1 Å². The molecule has 0 spiro atoms. The number of esters is 1. The molecule has 0 aromatic carbocycles. The second kappa shape index (κ2) is 5.96. The standard InChI is InChI=1S/C10H9ClF3NO4/c1-2-18-9(17)5-3-7(16)8(6(4-11)15-5)19-10(12,13)14/h3H,2,4H2,1H3,(H,15,16). The fourth-order valence-electron chi connectivity index (χ4n) is 1.24. The van der Waals surface area contributed by atoms with E-state index in [9.17, 15) is 22.8 Å². The molecule has 0 atom stereocenters. The summed E-state index contributed by atoms with van der Waals surface area (Å²) in [5.74, 6) is -2.33. The summed E-state index contributed by atoms with van der Waals surface area (Å²) in [7, 11) is 0. The Morgan fingerprint density at radius 1 is 1.47 bits per heavy atom. The number of aromatic amines is 1. The Morgan fingerprint density at radius 3 is 2.58 bits per heavy atom. The first-order valence-electron chi connectivity index (χ1n) is 5.03. The van der Waals surface area contributed by atoms with Gasteiger partial charge in [0.2, 0.25) is 5.43 Å². The van der Waals surface area contributed by atoms with Crippen molar-refractivity contribution in [1.82, 2.24) is 4.98 Å². The number of pyridine rings is 1. The van der Waals surface area contributed by atoms with Crippen molar-refractivity contribution in [3.05, 3.63) is 27.7 Å². The monoisotopic (exact) mass is 299 g/mol. The number of nitrogens with one attached hydrogen (secondary N) is 1. The van der Waals surface area contributed by atoms with E-state index in [4.69, 9.17) is 11.6 Å². The highest BCUT2D eigenvalue weighted by molar-refractivity contribution is 6.17. The molecule has 1 aromatic rings. The summed E-state index contributed by atoms with van der Waals surface area (Å²) in [6.07, 6.45) is -5.03. The van der Waals surface area contributed by atoms with Gasteiger partial charge in [-0.3, -0.25) is 4.79 Å². The average molecular weight is 300 g/mol. The molecule has 1 heterocycles. The fourth-order valence-corrected chi connectivity index (χ4v) is 1.43. The third-order valence-corrected chi connectivity index (χ3v) is 2.17. The van der Waals surface area contributed by atoms with Gasteiger partial charge >= 0.3 is 12.3 Å². The molecule has 5 nitrogen and oxygen atoms in total. The first-order chi connectivity index (χ1) is 8.78. The molecule has 0 bridgehead atoms. The second-order valence-corrected chi connectivity index (χ2v) is 3.52. The molecule has 0 aliphatic carbocycles. The highest BCUT2D eigenvalue weighted by atomic mass is 35.5. The molecule has 1 rings (SSSR count). The quantitative estimate of drug-likeness (QED) is 0.683. The van der Waals surface area contributed by atoms with Gasteiger partial charge in [-0.05, 0) is 6.92 Å². The van der Waals surface area contributed by atoms with Crippen molar-refractivity contribution in [2.75, 3.05) is 6.61 Å². The van der Waals surface area contributed by atoms with E-state index < -0.39 is 29.4 Å². The van der Waals surface area contributed by atoms with Crippen molar-refractivity contribution < 1.29 is 27.4 Å². The summed E-state index contributed by atoms with van der Waals surface area (Å²) in [5.41, 5.74) is -1.76. The molecule has 0 radical (unpaired) electrons. The Morgan fingerprint density at radius 2 is 2.11 bits per heavy atom. The van der Waals surface area contributed by atoms with Gasteiger partial charge in [0.05, 0.1) is 18.2 Å². The van der Waals surface area contributed by atoms with Crippen LogP contribution < -0.4 is 10.2 Å². The zero-order valence-corrected chi connectivity index (χ0v) is 10.4. The summed E-state index contributed by atoms with van der Waals surface area (Å²) in [6, 6.07) is 0.662. The van der Waals surface area contributed by atoms with E-state index in [1.807, 2.05) is 0 Å². The maximum absolute atomic E-state index is 12.1. The summed E-state index contributed by atoms with van der Waals surface area (Å²) in [4.78, 5) is 25.1. The number of alkyl halides is 4. The Hall–Kier alpha value is -1.70. The van der Waals surface area contributed by atoms with Gasteiger partial charge in [-0.1, -0.05) is 0 Å². The molecule has 0 saturated heterocycles. The number of carbonyl (C=O) groups excluding carboxylic acids is 1. The lowest BCUT2D eigenvalue weighted by atomic mass is 10.3. The lowest BCUT2D eigenvalue weighted by molar-refractivity contribution is -0.275. The van der Waals surface area contributed by atoms with E-state index in [2.05, 4.69) is 14.5 Å². The molecule has 106 valence electrons. The Bertz CT molecular complexity index is 526. The van der Waals surface area contributed by atoms with Crippen molar-refractivity contribution in [1.29, 1.82) is 0 Å². The lowest BCUT2D eigenvalue weighted by Gasteiger charge is -2.12. The van der Waals surface area contributed by atoms with E-state index in [1.54, 1.807) is 6.92 Å². The molecule has 1 aromatic heterocycles. The molecule has 0 saturated carbocycles. The smallest absolute Gasteiger partial charge is 0.461 e. The van der Waals surface area contributed by atoms with Crippen molar-refractivity contribution in [3.8, 4) is 5.75 Å². The predicted octanol–water partition coefficient (Wildman–Crippen LogP) is 2.19. The minimum Gasteiger partial charge on any atom is -0.461 e. The van der Waals surface area contributed by atoms with Gasteiger partial charge in [0.1, 0.15) is 5.69 Å². The average Bonchev–Trinajstić information content (AvgIpc) is 2.30.